The number of nitrogens with two attached hydrogens (primary N) is 1. The third-order valence-corrected chi connectivity index (χ3v) is 4.58. The second kappa shape index (κ2) is 5.98. The maximum atomic E-state index is 5.73. The number of hydrogen-bond acceptors (Lipinski definition) is 3. The van der Waals surface area contributed by atoms with Gasteiger partial charge in [-0.3, -0.25) is 5.01 Å². The molecule has 0 atom stereocenters. The lowest BCUT2D eigenvalue weighted by Gasteiger charge is -2.12. The summed E-state index contributed by atoms with van der Waals surface area (Å²) in [5.41, 5.74) is 11.0. The van der Waals surface area contributed by atoms with E-state index < -0.39 is 0 Å². The fourth-order valence-corrected chi connectivity index (χ4v) is 3.18. The molecule has 0 fully saturated rings. The molecule has 25 heavy (non-hydrogen) atoms. The van der Waals surface area contributed by atoms with Crippen molar-refractivity contribution in [1.82, 2.24) is 4.57 Å². The Labute approximate surface area is 146 Å². The minimum absolute atomic E-state index is 0.752. The molecule has 0 aliphatic carbocycles. The molecule has 3 aromatic carbocycles. The predicted octanol–water partition coefficient (Wildman–Crippen LogP) is 4.38. The number of para-hydroxylation sites is 1. The normalized spacial score (nSPS) is 11.6. The van der Waals surface area contributed by atoms with Crippen molar-refractivity contribution in [1.29, 1.82) is 0 Å². The first kappa shape index (κ1) is 15.3. The Hall–Kier alpha value is -3.27. The van der Waals surface area contributed by atoms with Crippen LogP contribution in [0.1, 0.15) is 5.56 Å². The SMILES string of the molecule is CN(N=Cc1ccc2c(c1)c1ccccc1n2C)c1ccc(N)cc1. The highest BCUT2D eigenvalue weighted by Crippen LogP contribution is 2.28. The number of hydrazone groups is 1. The van der Waals surface area contributed by atoms with Gasteiger partial charge < -0.3 is 10.3 Å². The van der Waals surface area contributed by atoms with Gasteiger partial charge in [-0.25, -0.2) is 0 Å². The van der Waals surface area contributed by atoms with E-state index in [-0.39, 0.29) is 0 Å². The Kier molecular flexibility index (Phi) is 3.65. The van der Waals surface area contributed by atoms with Crippen molar-refractivity contribution in [3.8, 4) is 0 Å². The molecule has 0 amide bonds. The molecule has 4 aromatic rings. The highest BCUT2D eigenvalue weighted by Gasteiger charge is 2.07. The van der Waals surface area contributed by atoms with Crippen LogP contribution in [0.4, 0.5) is 11.4 Å². The van der Waals surface area contributed by atoms with Gasteiger partial charge in [0, 0.05) is 41.6 Å². The Morgan fingerprint density at radius 1 is 0.920 bits per heavy atom. The second-order valence-electron chi connectivity index (χ2n) is 6.21. The molecule has 0 saturated carbocycles. The van der Waals surface area contributed by atoms with E-state index in [9.17, 15) is 0 Å². The number of fused-ring (bicyclic) bond motifs is 3. The zero-order chi connectivity index (χ0) is 17.4. The van der Waals surface area contributed by atoms with Gasteiger partial charge in [0.05, 0.1) is 11.9 Å². The quantitative estimate of drug-likeness (QED) is 0.344. The van der Waals surface area contributed by atoms with Gasteiger partial charge in [-0.1, -0.05) is 24.3 Å². The number of nitrogens with zero attached hydrogens (tertiary/aromatic N) is 3. The summed E-state index contributed by atoms with van der Waals surface area (Å²) in [6.07, 6.45) is 1.89. The number of hydrogen-bond donors (Lipinski definition) is 1. The molecule has 1 heterocycles. The van der Waals surface area contributed by atoms with E-state index in [0.29, 0.717) is 0 Å². The summed E-state index contributed by atoms with van der Waals surface area (Å²) in [6.45, 7) is 0. The summed E-state index contributed by atoms with van der Waals surface area (Å²) in [4.78, 5) is 0. The van der Waals surface area contributed by atoms with Crippen LogP contribution in [0.5, 0.6) is 0 Å². The number of aromatic nitrogens is 1. The van der Waals surface area contributed by atoms with Gasteiger partial charge in [-0.05, 0) is 48.0 Å². The first-order chi connectivity index (χ1) is 12.1. The molecule has 0 aliphatic rings. The van der Waals surface area contributed by atoms with Crippen LogP contribution in [-0.4, -0.2) is 17.8 Å². The molecule has 4 rings (SSSR count). The minimum atomic E-state index is 0.752. The van der Waals surface area contributed by atoms with E-state index in [1.807, 2.05) is 42.5 Å². The first-order valence-corrected chi connectivity index (χ1v) is 8.24. The standard InChI is InChI=1S/C21H20N4/c1-24-20-6-4-3-5-18(20)19-13-15(7-12-21(19)24)14-23-25(2)17-10-8-16(22)9-11-17/h3-14H,22H2,1-2H3. The lowest BCUT2D eigenvalue weighted by Crippen LogP contribution is -2.08. The van der Waals surface area contributed by atoms with E-state index in [4.69, 9.17) is 5.73 Å². The topological polar surface area (TPSA) is 46.5 Å². The minimum Gasteiger partial charge on any atom is -0.399 e. The van der Waals surface area contributed by atoms with Crippen LogP contribution in [-0.2, 0) is 7.05 Å². The van der Waals surface area contributed by atoms with Crippen LogP contribution >= 0.6 is 0 Å². The Bertz CT molecular complexity index is 1070. The first-order valence-electron chi connectivity index (χ1n) is 8.24. The number of rotatable bonds is 3. The molecule has 0 spiro atoms. The summed E-state index contributed by atoms with van der Waals surface area (Å²) in [7, 11) is 4.03. The van der Waals surface area contributed by atoms with Crippen LogP contribution < -0.4 is 10.7 Å². The zero-order valence-electron chi connectivity index (χ0n) is 14.3. The van der Waals surface area contributed by atoms with Gasteiger partial charge in [0.1, 0.15) is 0 Å². The molecule has 4 nitrogen and oxygen atoms in total. The van der Waals surface area contributed by atoms with Gasteiger partial charge >= 0.3 is 0 Å². The highest BCUT2D eigenvalue weighted by atomic mass is 15.4. The maximum Gasteiger partial charge on any atom is 0.0592 e. The molecule has 0 bridgehead atoms. The molecule has 4 heteroatoms. The number of nitrogen functional groups attached to an aromatic ring is 1. The number of benzene rings is 3. The third-order valence-electron chi connectivity index (χ3n) is 4.58. The molecule has 1 aromatic heterocycles. The number of anilines is 2. The molecule has 0 unspecified atom stereocenters. The van der Waals surface area contributed by atoms with E-state index in [1.165, 1.54) is 21.8 Å². The van der Waals surface area contributed by atoms with Gasteiger partial charge in [0.15, 0.2) is 0 Å². The third kappa shape index (κ3) is 2.72. The lowest BCUT2D eigenvalue weighted by atomic mass is 10.1. The molecule has 0 saturated heterocycles. The average Bonchev–Trinajstić information content (AvgIpc) is 2.93. The molecule has 0 radical (unpaired) electrons. The predicted molar refractivity (Wildman–Crippen MR) is 107 cm³/mol. The molecule has 0 aliphatic heterocycles. The summed E-state index contributed by atoms with van der Waals surface area (Å²) in [6, 6.07) is 22.6. The number of aryl methyl sites for hydroxylation is 1. The van der Waals surface area contributed by atoms with Crippen molar-refractivity contribution in [3.05, 3.63) is 72.3 Å². The van der Waals surface area contributed by atoms with Crippen molar-refractivity contribution >= 4 is 39.4 Å². The van der Waals surface area contributed by atoms with Crippen molar-refractivity contribution in [3.63, 3.8) is 0 Å². The summed E-state index contributed by atoms with van der Waals surface area (Å²) >= 11 is 0. The molecular formula is C21H20N4. The van der Waals surface area contributed by atoms with Crippen LogP contribution in [0.25, 0.3) is 21.8 Å². The van der Waals surface area contributed by atoms with Crippen LogP contribution in [0.3, 0.4) is 0 Å². The fourth-order valence-electron chi connectivity index (χ4n) is 3.18. The van der Waals surface area contributed by atoms with Crippen LogP contribution in [0, 0.1) is 0 Å². The Morgan fingerprint density at radius 3 is 2.44 bits per heavy atom. The summed E-state index contributed by atoms with van der Waals surface area (Å²) < 4.78 is 2.23. The molecule has 2 N–H and O–H groups in total. The van der Waals surface area contributed by atoms with Gasteiger partial charge in [0.25, 0.3) is 0 Å². The lowest BCUT2D eigenvalue weighted by molar-refractivity contribution is 1.01. The molecule has 124 valence electrons. The second-order valence-corrected chi connectivity index (χ2v) is 6.21. The fraction of sp³-hybridized carbons (Fsp3) is 0.0952. The van der Waals surface area contributed by atoms with Gasteiger partial charge in [0.2, 0.25) is 0 Å². The largest absolute Gasteiger partial charge is 0.399 e. The highest BCUT2D eigenvalue weighted by molar-refractivity contribution is 6.09. The van der Waals surface area contributed by atoms with Gasteiger partial charge in [-0.15, -0.1) is 0 Å². The van der Waals surface area contributed by atoms with Crippen LogP contribution in [0.15, 0.2) is 71.8 Å². The maximum absolute atomic E-state index is 5.73. The summed E-state index contributed by atoms with van der Waals surface area (Å²) in [5, 5.41) is 8.90. The van der Waals surface area contributed by atoms with E-state index in [2.05, 4.69) is 59.2 Å². The Morgan fingerprint density at radius 2 is 1.64 bits per heavy atom. The van der Waals surface area contributed by atoms with E-state index in [1.54, 1.807) is 0 Å². The summed E-state index contributed by atoms with van der Waals surface area (Å²) in [5.74, 6) is 0. The van der Waals surface area contributed by atoms with Crippen molar-refractivity contribution in [2.75, 3.05) is 17.8 Å². The smallest absolute Gasteiger partial charge is 0.0592 e. The van der Waals surface area contributed by atoms with Crippen molar-refractivity contribution < 1.29 is 0 Å². The van der Waals surface area contributed by atoms with Gasteiger partial charge in [-0.2, -0.15) is 5.10 Å². The van der Waals surface area contributed by atoms with E-state index in [0.717, 1.165) is 16.9 Å². The zero-order valence-corrected chi connectivity index (χ0v) is 14.3. The van der Waals surface area contributed by atoms with E-state index >= 15 is 0 Å². The monoisotopic (exact) mass is 328 g/mol. The molecular weight excluding hydrogens is 308 g/mol. The van der Waals surface area contributed by atoms with Crippen molar-refractivity contribution in [2.24, 2.45) is 12.1 Å². The van der Waals surface area contributed by atoms with Crippen LogP contribution in [0.2, 0.25) is 0 Å². The van der Waals surface area contributed by atoms with Crippen molar-refractivity contribution in [2.45, 2.75) is 0 Å². The average molecular weight is 328 g/mol. The Balaban J connectivity index is 1.70.